The summed E-state index contributed by atoms with van der Waals surface area (Å²) in [5, 5.41) is 21.1. The van der Waals surface area contributed by atoms with Crippen LogP contribution in [0.25, 0.3) is 6.08 Å². The summed E-state index contributed by atoms with van der Waals surface area (Å²) in [6, 6.07) is 14.8. The number of carbonyl (C=O) groups excluding carboxylic acids is 1. The van der Waals surface area contributed by atoms with Crippen molar-refractivity contribution in [3.05, 3.63) is 67.6 Å². The molecule has 0 spiro atoms. The Bertz CT molecular complexity index is 978. The normalized spacial score (nSPS) is 10.9. The Labute approximate surface area is 180 Å². The number of carbonyl (C=O) groups is 1. The largest absolute Gasteiger partial charge is 0.486 e. The minimum Gasteiger partial charge on any atom is -0.486 e. The van der Waals surface area contributed by atoms with E-state index in [1.54, 1.807) is 24.3 Å². The van der Waals surface area contributed by atoms with E-state index < -0.39 is 5.91 Å². The second kappa shape index (κ2) is 10.1. The van der Waals surface area contributed by atoms with Crippen molar-refractivity contribution in [2.45, 2.75) is 26.5 Å². The van der Waals surface area contributed by atoms with Gasteiger partial charge in [0.1, 0.15) is 24.0 Å². The Morgan fingerprint density at radius 2 is 1.86 bits per heavy atom. The van der Waals surface area contributed by atoms with Crippen LogP contribution in [0.15, 0.2) is 50.9 Å². The molecule has 2 aromatic carbocycles. The molecule has 28 heavy (non-hydrogen) atoms. The van der Waals surface area contributed by atoms with Gasteiger partial charge in [0.25, 0.3) is 5.91 Å². The number of halogens is 2. The molecule has 0 fully saturated rings. The van der Waals surface area contributed by atoms with Crippen molar-refractivity contribution < 1.29 is 9.53 Å². The van der Waals surface area contributed by atoms with Gasteiger partial charge in [-0.15, -0.1) is 0 Å². The molecule has 0 saturated heterocycles. The van der Waals surface area contributed by atoms with E-state index in [-0.39, 0.29) is 18.2 Å². The Morgan fingerprint density at radius 1 is 1.21 bits per heavy atom. The van der Waals surface area contributed by atoms with E-state index >= 15 is 0 Å². The Hall–Kier alpha value is -2.61. The molecule has 142 valence electrons. The second-order valence-corrected chi connectivity index (χ2v) is 7.88. The van der Waals surface area contributed by atoms with Crippen LogP contribution in [0.2, 0.25) is 0 Å². The van der Waals surface area contributed by atoms with Crippen molar-refractivity contribution in [2.75, 3.05) is 0 Å². The lowest BCUT2D eigenvalue weighted by Crippen LogP contribution is -2.30. The molecule has 7 heteroatoms. The van der Waals surface area contributed by atoms with Crippen LogP contribution in [-0.4, -0.2) is 11.9 Å². The van der Waals surface area contributed by atoms with E-state index in [0.29, 0.717) is 25.8 Å². The summed E-state index contributed by atoms with van der Waals surface area (Å²) in [4.78, 5) is 12.1. The first-order valence-corrected chi connectivity index (χ1v) is 9.96. The molecule has 0 aliphatic rings. The Kier molecular flexibility index (Phi) is 7.80. The highest BCUT2D eigenvalue weighted by Crippen LogP contribution is 2.36. The summed E-state index contributed by atoms with van der Waals surface area (Å²) in [6.07, 6.45) is 1.52. The monoisotopic (exact) mass is 501 g/mol. The van der Waals surface area contributed by atoms with E-state index in [9.17, 15) is 15.3 Å². The van der Waals surface area contributed by atoms with Crippen molar-refractivity contribution in [3.8, 4) is 17.9 Å². The second-order valence-electron chi connectivity index (χ2n) is 6.17. The van der Waals surface area contributed by atoms with E-state index in [4.69, 9.17) is 4.74 Å². The highest BCUT2D eigenvalue weighted by molar-refractivity contribution is 9.11. The molecule has 0 atom stereocenters. The first kappa shape index (κ1) is 21.7. The first-order valence-electron chi connectivity index (χ1n) is 8.38. The SMILES string of the molecule is CC(C)NC(=O)/C(C#N)=C\c1cc(Br)c(OCc2ccccc2C#N)c(Br)c1. The predicted molar refractivity (Wildman–Crippen MR) is 114 cm³/mol. The van der Waals surface area contributed by atoms with Crippen molar-refractivity contribution in [3.63, 3.8) is 0 Å². The lowest BCUT2D eigenvalue weighted by atomic mass is 10.1. The summed E-state index contributed by atoms with van der Waals surface area (Å²) in [5.74, 6) is 0.146. The van der Waals surface area contributed by atoms with Crippen LogP contribution in [-0.2, 0) is 11.4 Å². The third-order valence-corrected chi connectivity index (χ3v) is 4.80. The molecule has 1 N–H and O–H groups in total. The summed E-state index contributed by atoms with van der Waals surface area (Å²) >= 11 is 6.93. The number of hydrogen-bond donors (Lipinski definition) is 1. The van der Waals surface area contributed by atoms with Gasteiger partial charge in [-0.2, -0.15) is 10.5 Å². The molecule has 2 aromatic rings. The zero-order chi connectivity index (χ0) is 20.7. The lowest BCUT2D eigenvalue weighted by Gasteiger charge is -2.12. The maximum Gasteiger partial charge on any atom is 0.262 e. The Balaban J connectivity index is 2.25. The zero-order valence-electron chi connectivity index (χ0n) is 15.3. The first-order chi connectivity index (χ1) is 13.3. The molecule has 1 amide bonds. The van der Waals surface area contributed by atoms with Gasteiger partial charge < -0.3 is 10.1 Å². The van der Waals surface area contributed by atoms with Gasteiger partial charge in [-0.3, -0.25) is 4.79 Å². The lowest BCUT2D eigenvalue weighted by molar-refractivity contribution is -0.117. The van der Waals surface area contributed by atoms with Crippen LogP contribution in [0, 0.1) is 22.7 Å². The topological polar surface area (TPSA) is 85.9 Å². The molecular weight excluding hydrogens is 486 g/mol. The molecule has 0 heterocycles. The summed E-state index contributed by atoms with van der Waals surface area (Å²) in [6.45, 7) is 3.89. The minimum atomic E-state index is -0.418. The van der Waals surface area contributed by atoms with Crippen LogP contribution in [0.1, 0.15) is 30.5 Å². The minimum absolute atomic E-state index is 0.0177. The van der Waals surface area contributed by atoms with E-state index in [2.05, 4.69) is 43.2 Å². The number of rotatable bonds is 6. The molecule has 0 saturated carbocycles. The van der Waals surface area contributed by atoms with Gasteiger partial charge >= 0.3 is 0 Å². The average molecular weight is 503 g/mol. The quantitative estimate of drug-likeness (QED) is 0.440. The molecule has 0 bridgehead atoms. The van der Waals surface area contributed by atoms with Crippen molar-refractivity contribution in [1.29, 1.82) is 10.5 Å². The van der Waals surface area contributed by atoms with Crippen LogP contribution >= 0.6 is 31.9 Å². The molecular formula is C21H17Br2N3O2. The molecule has 0 unspecified atom stereocenters. The summed E-state index contributed by atoms with van der Waals surface area (Å²) < 4.78 is 7.19. The number of nitriles is 2. The molecule has 0 aliphatic heterocycles. The zero-order valence-corrected chi connectivity index (χ0v) is 18.5. The third kappa shape index (κ3) is 5.69. The fourth-order valence-corrected chi connectivity index (χ4v) is 3.81. The van der Waals surface area contributed by atoms with Crippen molar-refractivity contribution in [2.24, 2.45) is 0 Å². The van der Waals surface area contributed by atoms with Gasteiger partial charge in [0, 0.05) is 11.6 Å². The van der Waals surface area contributed by atoms with E-state index in [1.807, 2.05) is 32.0 Å². The predicted octanol–water partition coefficient (Wildman–Crippen LogP) is 5.09. The fraction of sp³-hybridized carbons (Fsp3) is 0.190. The molecule has 0 aliphatic carbocycles. The van der Waals surface area contributed by atoms with Gasteiger partial charge in [0.05, 0.1) is 20.6 Å². The molecule has 0 radical (unpaired) electrons. The Morgan fingerprint density at radius 3 is 2.43 bits per heavy atom. The van der Waals surface area contributed by atoms with Crippen LogP contribution < -0.4 is 10.1 Å². The maximum atomic E-state index is 12.1. The van der Waals surface area contributed by atoms with Gasteiger partial charge in [0.15, 0.2) is 0 Å². The van der Waals surface area contributed by atoms with Crippen LogP contribution in [0.4, 0.5) is 0 Å². The van der Waals surface area contributed by atoms with Gasteiger partial charge in [-0.1, -0.05) is 18.2 Å². The summed E-state index contributed by atoms with van der Waals surface area (Å²) in [7, 11) is 0. The van der Waals surface area contributed by atoms with E-state index in [0.717, 1.165) is 5.56 Å². The van der Waals surface area contributed by atoms with Gasteiger partial charge in [-0.05, 0) is 75.5 Å². The number of nitrogens with zero attached hydrogens (tertiary/aromatic N) is 2. The van der Waals surface area contributed by atoms with Gasteiger partial charge in [-0.25, -0.2) is 0 Å². The van der Waals surface area contributed by atoms with Crippen LogP contribution in [0.5, 0.6) is 5.75 Å². The fourth-order valence-electron chi connectivity index (χ4n) is 2.36. The average Bonchev–Trinajstić information content (AvgIpc) is 2.65. The molecule has 0 aromatic heterocycles. The summed E-state index contributed by atoms with van der Waals surface area (Å²) in [5.41, 5.74) is 2.03. The number of amides is 1. The number of hydrogen-bond acceptors (Lipinski definition) is 4. The van der Waals surface area contributed by atoms with Crippen molar-refractivity contribution in [1.82, 2.24) is 5.32 Å². The van der Waals surface area contributed by atoms with Gasteiger partial charge in [0.2, 0.25) is 0 Å². The highest BCUT2D eigenvalue weighted by atomic mass is 79.9. The van der Waals surface area contributed by atoms with Crippen molar-refractivity contribution >= 4 is 43.8 Å². The smallest absolute Gasteiger partial charge is 0.262 e. The highest BCUT2D eigenvalue weighted by Gasteiger charge is 2.13. The number of ether oxygens (including phenoxy) is 1. The molecule has 2 rings (SSSR count). The van der Waals surface area contributed by atoms with E-state index in [1.165, 1.54) is 6.08 Å². The number of benzene rings is 2. The maximum absolute atomic E-state index is 12.1. The molecule has 5 nitrogen and oxygen atoms in total. The van der Waals surface area contributed by atoms with Crippen LogP contribution in [0.3, 0.4) is 0 Å². The number of nitrogens with one attached hydrogen (secondary N) is 1. The standard InChI is InChI=1S/C21H17Br2N3O2/c1-13(2)26-21(27)17(11-25)7-14-8-18(22)20(19(23)9-14)28-12-16-6-4-3-5-15(16)10-24/h3-9,13H,12H2,1-2H3,(H,26,27)/b17-7-. The third-order valence-electron chi connectivity index (χ3n) is 3.63.